The quantitative estimate of drug-likeness (QED) is 0.569. The summed E-state index contributed by atoms with van der Waals surface area (Å²) < 4.78 is 0. The van der Waals surface area contributed by atoms with Gasteiger partial charge in [0.2, 0.25) is 0 Å². The zero-order valence-electron chi connectivity index (χ0n) is 8.78. The van der Waals surface area contributed by atoms with Crippen molar-refractivity contribution in [1.82, 2.24) is 9.97 Å². The van der Waals surface area contributed by atoms with E-state index in [2.05, 4.69) is 9.97 Å². The third-order valence-corrected chi connectivity index (χ3v) is 2.77. The number of aldehydes is 1. The predicted octanol–water partition coefficient (Wildman–Crippen LogP) is 4.59. The molecule has 0 spiro atoms. The Labute approximate surface area is 124 Å². The van der Waals surface area contributed by atoms with Crippen LogP contribution in [-0.4, -0.2) is 16.3 Å². The molecule has 0 radical (unpaired) electrons. The van der Waals surface area contributed by atoms with Crippen molar-refractivity contribution >= 4 is 52.7 Å². The number of carbonyl (C=O) groups excluding carboxylic acids is 1. The van der Waals surface area contributed by atoms with Crippen molar-refractivity contribution in [1.29, 1.82) is 0 Å². The number of nitrogens with zero attached hydrogens (tertiary/aromatic N) is 2. The maximum absolute atomic E-state index is 10.2. The van der Waals surface area contributed by atoms with Crippen LogP contribution in [0.2, 0.25) is 20.4 Å². The van der Waals surface area contributed by atoms with E-state index in [1.807, 2.05) is 0 Å². The van der Waals surface area contributed by atoms with Crippen LogP contribution < -0.4 is 0 Å². The van der Waals surface area contributed by atoms with Crippen LogP contribution >= 0.6 is 46.4 Å². The molecule has 0 saturated heterocycles. The summed E-state index contributed by atoms with van der Waals surface area (Å²) in [7, 11) is 0. The molecule has 0 amide bonds. The second-order valence-corrected chi connectivity index (χ2v) is 4.50. The van der Waals surface area contributed by atoms with Gasteiger partial charge in [-0.15, -0.1) is 0 Å². The molecule has 3 nitrogen and oxygen atoms in total. The highest BCUT2D eigenvalue weighted by Crippen LogP contribution is 2.19. The summed E-state index contributed by atoms with van der Waals surface area (Å²) in [5.74, 6) is 0. The number of hydrogen-bond acceptors (Lipinski definition) is 3. The van der Waals surface area contributed by atoms with Gasteiger partial charge in [0.1, 0.15) is 10.3 Å². The van der Waals surface area contributed by atoms with E-state index in [0.29, 0.717) is 21.5 Å². The molecule has 0 aromatic carbocycles. The van der Waals surface area contributed by atoms with Crippen LogP contribution in [0.5, 0.6) is 0 Å². The Morgan fingerprint density at radius 3 is 2.06 bits per heavy atom. The van der Waals surface area contributed by atoms with E-state index in [4.69, 9.17) is 46.4 Å². The van der Waals surface area contributed by atoms with Crippen LogP contribution in [0.1, 0.15) is 10.4 Å². The van der Waals surface area contributed by atoms with Gasteiger partial charge in [-0.2, -0.15) is 0 Å². The van der Waals surface area contributed by atoms with E-state index >= 15 is 0 Å². The number of pyridine rings is 2. The first-order chi connectivity index (χ1) is 8.54. The Morgan fingerprint density at radius 1 is 1.00 bits per heavy atom. The molecule has 0 bridgehead atoms. The molecule has 2 aromatic heterocycles. The second-order valence-electron chi connectivity index (χ2n) is 2.91. The van der Waals surface area contributed by atoms with Crippen molar-refractivity contribution in [3.8, 4) is 0 Å². The minimum absolute atomic E-state index is 0.141. The highest BCUT2D eigenvalue weighted by atomic mass is 35.5. The normalized spacial score (nSPS) is 9.33. The molecule has 18 heavy (non-hydrogen) atoms. The van der Waals surface area contributed by atoms with Gasteiger partial charge < -0.3 is 0 Å². The third kappa shape index (κ3) is 4.78. The van der Waals surface area contributed by atoms with Crippen molar-refractivity contribution in [2.45, 2.75) is 0 Å². The van der Waals surface area contributed by atoms with Gasteiger partial charge in [0.15, 0.2) is 6.29 Å². The van der Waals surface area contributed by atoms with Crippen LogP contribution in [-0.2, 0) is 0 Å². The van der Waals surface area contributed by atoms with Gasteiger partial charge >= 0.3 is 0 Å². The van der Waals surface area contributed by atoms with Crippen molar-refractivity contribution < 1.29 is 4.79 Å². The Morgan fingerprint density at radius 2 is 1.67 bits per heavy atom. The van der Waals surface area contributed by atoms with E-state index in [1.165, 1.54) is 12.3 Å². The van der Waals surface area contributed by atoms with Gasteiger partial charge in [-0.25, -0.2) is 9.97 Å². The summed E-state index contributed by atoms with van der Waals surface area (Å²) in [6.45, 7) is 0. The van der Waals surface area contributed by atoms with Gasteiger partial charge in [-0.05, 0) is 18.2 Å². The molecule has 2 rings (SSSR count). The maximum atomic E-state index is 10.2. The molecule has 0 aliphatic heterocycles. The molecule has 7 heteroatoms. The lowest BCUT2D eigenvalue weighted by molar-refractivity contribution is 0.112. The van der Waals surface area contributed by atoms with Crippen molar-refractivity contribution in [3.63, 3.8) is 0 Å². The number of carbonyl (C=O) groups is 1. The Balaban J connectivity index is 0.000000184. The lowest BCUT2D eigenvalue weighted by atomic mass is 10.3. The SMILES string of the molecule is Clc1ccnc(Cl)c1.O=Cc1c(Cl)ccnc1Cl. The molecule has 0 saturated carbocycles. The molecular weight excluding hydrogens is 318 g/mol. The topological polar surface area (TPSA) is 42.9 Å². The predicted molar refractivity (Wildman–Crippen MR) is 73.9 cm³/mol. The average Bonchev–Trinajstić information content (AvgIpc) is 2.29. The third-order valence-electron chi connectivity index (χ3n) is 1.69. The van der Waals surface area contributed by atoms with Gasteiger partial charge in [0.25, 0.3) is 0 Å². The molecule has 0 aliphatic rings. The van der Waals surface area contributed by atoms with E-state index < -0.39 is 0 Å². The Hall–Kier alpha value is -0.870. The molecule has 0 atom stereocenters. The highest BCUT2D eigenvalue weighted by molar-refractivity contribution is 6.37. The zero-order valence-corrected chi connectivity index (χ0v) is 11.8. The summed E-state index contributed by atoms with van der Waals surface area (Å²) in [4.78, 5) is 17.6. The highest BCUT2D eigenvalue weighted by Gasteiger charge is 2.03. The Bertz CT molecular complexity index is 511. The fourth-order valence-corrected chi connectivity index (χ4v) is 1.74. The Kier molecular flexibility index (Phi) is 6.36. The fourth-order valence-electron chi connectivity index (χ4n) is 0.910. The number of aromatic nitrogens is 2. The first-order valence-corrected chi connectivity index (χ1v) is 6.08. The number of rotatable bonds is 1. The van der Waals surface area contributed by atoms with Crippen molar-refractivity contribution in [2.75, 3.05) is 0 Å². The second kappa shape index (κ2) is 7.54. The van der Waals surface area contributed by atoms with E-state index in [9.17, 15) is 4.79 Å². The van der Waals surface area contributed by atoms with Gasteiger partial charge in [-0.3, -0.25) is 4.79 Å². The molecule has 94 valence electrons. The van der Waals surface area contributed by atoms with Crippen molar-refractivity contribution in [2.24, 2.45) is 0 Å². The summed E-state index contributed by atoms with van der Waals surface area (Å²) in [5, 5.41) is 1.51. The van der Waals surface area contributed by atoms with Crippen LogP contribution in [0.4, 0.5) is 0 Å². The molecule has 0 N–H and O–H groups in total. The molecule has 2 aromatic rings. The van der Waals surface area contributed by atoms with Gasteiger partial charge in [-0.1, -0.05) is 46.4 Å². The number of hydrogen-bond donors (Lipinski definition) is 0. The standard InChI is InChI=1S/C6H3Cl2NO.C5H3Cl2N/c7-5-1-2-9-6(8)4(5)3-10;6-4-1-2-8-5(7)3-4/h1-3H;1-3H. The first-order valence-electron chi connectivity index (χ1n) is 4.57. The van der Waals surface area contributed by atoms with Crippen LogP contribution in [0.25, 0.3) is 0 Å². The summed E-state index contributed by atoms with van der Waals surface area (Å²) in [6.07, 6.45) is 3.58. The average molecular weight is 324 g/mol. The molecule has 0 fully saturated rings. The van der Waals surface area contributed by atoms with Crippen molar-refractivity contribution in [3.05, 3.63) is 56.5 Å². The van der Waals surface area contributed by atoms with E-state index in [-0.39, 0.29) is 10.7 Å². The van der Waals surface area contributed by atoms with Crippen LogP contribution in [0.15, 0.2) is 30.6 Å². The lowest BCUT2D eigenvalue weighted by Gasteiger charge is -1.94. The first kappa shape index (κ1) is 15.2. The van der Waals surface area contributed by atoms with Crippen LogP contribution in [0, 0.1) is 0 Å². The van der Waals surface area contributed by atoms with E-state index in [0.717, 1.165) is 0 Å². The lowest BCUT2D eigenvalue weighted by Crippen LogP contribution is -1.85. The molecule has 0 aliphatic carbocycles. The van der Waals surface area contributed by atoms with E-state index in [1.54, 1.807) is 18.3 Å². The smallest absolute Gasteiger partial charge is 0.154 e. The summed E-state index contributed by atoms with van der Waals surface area (Å²) >= 11 is 22.0. The molecule has 2 heterocycles. The van der Waals surface area contributed by atoms with Gasteiger partial charge in [0.05, 0.1) is 10.6 Å². The fraction of sp³-hybridized carbons (Fsp3) is 0. The largest absolute Gasteiger partial charge is 0.298 e. The minimum Gasteiger partial charge on any atom is -0.298 e. The van der Waals surface area contributed by atoms with Gasteiger partial charge in [0, 0.05) is 17.4 Å². The summed E-state index contributed by atoms with van der Waals surface area (Å²) in [5.41, 5.74) is 0.242. The maximum Gasteiger partial charge on any atom is 0.154 e. The number of halogens is 4. The molecular formula is C11H6Cl4N2O. The minimum atomic E-state index is 0.141. The summed E-state index contributed by atoms with van der Waals surface area (Å²) in [6, 6.07) is 4.77. The monoisotopic (exact) mass is 322 g/mol. The molecule has 0 unspecified atom stereocenters. The zero-order chi connectivity index (χ0) is 13.5. The van der Waals surface area contributed by atoms with Crippen LogP contribution in [0.3, 0.4) is 0 Å².